The highest BCUT2D eigenvalue weighted by atomic mass is 19.4. The van der Waals surface area contributed by atoms with Gasteiger partial charge in [0.05, 0.1) is 16.9 Å². The average molecular weight is 305 g/mol. The second-order valence-corrected chi connectivity index (χ2v) is 3.87. The standard InChI is InChI=1S/C12H6F3N7/c13-12(14,15)8-1-2-11(22-7-18-6-19-22)10(3-8)21-20-9(4-16)5-17/h1-3,6-7,21H. The minimum atomic E-state index is -4.55. The van der Waals surface area contributed by atoms with Crippen molar-refractivity contribution in [3.8, 4) is 17.8 Å². The molecule has 2 rings (SSSR count). The third kappa shape index (κ3) is 3.19. The van der Waals surface area contributed by atoms with Crippen molar-refractivity contribution in [3.63, 3.8) is 0 Å². The normalized spacial score (nSPS) is 10.4. The zero-order valence-electron chi connectivity index (χ0n) is 10.7. The first-order valence-electron chi connectivity index (χ1n) is 5.66. The van der Waals surface area contributed by atoms with Gasteiger partial charge in [-0.05, 0) is 18.2 Å². The van der Waals surface area contributed by atoms with Crippen LogP contribution >= 0.6 is 0 Å². The molecule has 0 atom stereocenters. The zero-order valence-corrected chi connectivity index (χ0v) is 10.7. The lowest BCUT2D eigenvalue weighted by Crippen LogP contribution is -2.08. The summed E-state index contributed by atoms with van der Waals surface area (Å²) < 4.78 is 39.5. The van der Waals surface area contributed by atoms with E-state index in [4.69, 9.17) is 10.5 Å². The fourth-order valence-electron chi connectivity index (χ4n) is 1.53. The second kappa shape index (κ2) is 5.93. The molecule has 0 amide bonds. The minimum Gasteiger partial charge on any atom is -0.274 e. The first kappa shape index (κ1) is 15.0. The molecular formula is C12H6F3N7. The number of anilines is 1. The van der Waals surface area contributed by atoms with Crippen LogP contribution in [0.5, 0.6) is 0 Å². The number of alkyl halides is 3. The molecule has 0 unspecified atom stereocenters. The van der Waals surface area contributed by atoms with E-state index in [2.05, 4.69) is 20.6 Å². The predicted octanol–water partition coefficient (Wildman–Crippen LogP) is 2.10. The van der Waals surface area contributed by atoms with Gasteiger partial charge < -0.3 is 0 Å². The van der Waals surface area contributed by atoms with Crippen molar-refractivity contribution in [1.82, 2.24) is 14.8 Å². The molecule has 0 aliphatic rings. The summed E-state index contributed by atoms with van der Waals surface area (Å²) in [4.78, 5) is 3.70. The number of rotatable bonds is 3. The Morgan fingerprint density at radius 2 is 2.00 bits per heavy atom. The number of hydrogen-bond donors (Lipinski definition) is 1. The number of nitrogens with zero attached hydrogens (tertiary/aromatic N) is 6. The van der Waals surface area contributed by atoms with Gasteiger partial charge in [0, 0.05) is 0 Å². The van der Waals surface area contributed by atoms with Crippen LogP contribution in [-0.2, 0) is 6.18 Å². The van der Waals surface area contributed by atoms with Crippen LogP contribution in [0.25, 0.3) is 5.69 Å². The molecule has 10 heteroatoms. The maximum absolute atomic E-state index is 12.8. The van der Waals surface area contributed by atoms with E-state index in [1.807, 2.05) is 0 Å². The van der Waals surface area contributed by atoms with Gasteiger partial charge in [-0.1, -0.05) is 0 Å². The monoisotopic (exact) mass is 305 g/mol. The third-order valence-corrected chi connectivity index (χ3v) is 2.49. The Hall–Kier alpha value is -3.40. The summed E-state index contributed by atoms with van der Waals surface area (Å²) in [6.45, 7) is 0. The van der Waals surface area contributed by atoms with Crippen LogP contribution in [-0.4, -0.2) is 20.5 Å². The lowest BCUT2D eigenvalue weighted by molar-refractivity contribution is -0.137. The van der Waals surface area contributed by atoms with Crippen molar-refractivity contribution in [2.45, 2.75) is 6.18 Å². The highest BCUT2D eigenvalue weighted by Gasteiger charge is 2.31. The van der Waals surface area contributed by atoms with E-state index in [1.165, 1.54) is 35.5 Å². The SMILES string of the molecule is N#CC(C#N)=NNc1cc(C(F)(F)F)ccc1-n1cncn1. The lowest BCUT2D eigenvalue weighted by atomic mass is 10.1. The van der Waals surface area contributed by atoms with E-state index in [-0.39, 0.29) is 11.4 Å². The van der Waals surface area contributed by atoms with E-state index in [1.54, 1.807) is 0 Å². The van der Waals surface area contributed by atoms with E-state index >= 15 is 0 Å². The van der Waals surface area contributed by atoms with Gasteiger partial charge in [0.25, 0.3) is 0 Å². The molecule has 2 aromatic rings. The molecule has 110 valence electrons. The summed E-state index contributed by atoms with van der Waals surface area (Å²) in [5.74, 6) is 0. The molecule has 0 aliphatic heterocycles. The number of aromatic nitrogens is 3. The summed E-state index contributed by atoms with van der Waals surface area (Å²) in [5, 5.41) is 24.4. The van der Waals surface area contributed by atoms with Gasteiger partial charge in [-0.3, -0.25) is 5.43 Å². The van der Waals surface area contributed by atoms with Gasteiger partial charge in [0.15, 0.2) is 0 Å². The van der Waals surface area contributed by atoms with Crippen LogP contribution in [0.1, 0.15) is 5.56 Å². The molecule has 0 aliphatic carbocycles. The molecule has 1 heterocycles. The smallest absolute Gasteiger partial charge is 0.274 e. The third-order valence-electron chi connectivity index (χ3n) is 2.49. The largest absolute Gasteiger partial charge is 0.416 e. The molecule has 1 aromatic heterocycles. The Bertz CT molecular complexity index is 763. The van der Waals surface area contributed by atoms with Crippen LogP contribution in [0, 0.1) is 22.7 Å². The Balaban J connectivity index is 2.50. The lowest BCUT2D eigenvalue weighted by Gasteiger charge is -2.12. The number of halogens is 3. The van der Waals surface area contributed by atoms with Gasteiger partial charge in [-0.15, -0.1) is 0 Å². The van der Waals surface area contributed by atoms with Gasteiger partial charge >= 0.3 is 6.18 Å². The average Bonchev–Trinajstić information content (AvgIpc) is 3.01. The van der Waals surface area contributed by atoms with Gasteiger partial charge in [-0.2, -0.15) is 33.9 Å². The van der Waals surface area contributed by atoms with Crippen molar-refractivity contribution >= 4 is 11.4 Å². The Kier molecular flexibility index (Phi) is 4.04. The van der Waals surface area contributed by atoms with Crippen molar-refractivity contribution in [3.05, 3.63) is 36.4 Å². The molecule has 0 spiro atoms. The Morgan fingerprint density at radius 1 is 1.27 bits per heavy atom. The maximum atomic E-state index is 12.8. The first-order valence-corrected chi connectivity index (χ1v) is 5.66. The van der Waals surface area contributed by atoms with Crippen LogP contribution in [0.3, 0.4) is 0 Å². The van der Waals surface area contributed by atoms with Crippen LogP contribution < -0.4 is 5.43 Å². The molecule has 22 heavy (non-hydrogen) atoms. The quantitative estimate of drug-likeness (QED) is 0.691. The van der Waals surface area contributed by atoms with Crippen LogP contribution in [0.4, 0.5) is 18.9 Å². The van der Waals surface area contributed by atoms with Crippen molar-refractivity contribution < 1.29 is 13.2 Å². The van der Waals surface area contributed by atoms with E-state index in [0.717, 1.165) is 12.1 Å². The first-order chi connectivity index (χ1) is 10.5. The van der Waals surface area contributed by atoms with Gasteiger partial charge in [0.2, 0.25) is 5.71 Å². The highest BCUT2D eigenvalue weighted by Crippen LogP contribution is 2.33. The summed E-state index contributed by atoms with van der Waals surface area (Å²) in [6, 6.07) is 5.83. The van der Waals surface area contributed by atoms with E-state index < -0.39 is 17.5 Å². The zero-order chi connectivity index (χ0) is 16.2. The topological polar surface area (TPSA) is 103 Å². The predicted molar refractivity (Wildman–Crippen MR) is 68.6 cm³/mol. The molecule has 0 fully saturated rings. The summed E-state index contributed by atoms with van der Waals surface area (Å²) in [5.41, 5.74) is 0.978. The fraction of sp³-hybridized carbons (Fsp3) is 0.0833. The highest BCUT2D eigenvalue weighted by molar-refractivity contribution is 6.10. The molecule has 0 saturated carbocycles. The second-order valence-electron chi connectivity index (χ2n) is 3.87. The number of hydrogen-bond acceptors (Lipinski definition) is 6. The minimum absolute atomic E-state index is 0.0803. The molecule has 0 radical (unpaired) electrons. The summed E-state index contributed by atoms with van der Waals surface area (Å²) in [7, 11) is 0. The van der Waals surface area contributed by atoms with E-state index in [9.17, 15) is 13.2 Å². The molecule has 1 aromatic carbocycles. The van der Waals surface area contributed by atoms with Gasteiger partial charge in [0.1, 0.15) is 24.8 Å². The maximum Gasteiger partial charge on any atom is 0.416 e. The van der Waals surface area contributed by atoms with Crippen molar-refractivity contribution in [1.29, 1.82) is 10.5 Å². The van der Waals surface area contributed by atoms with E-state index in [0.29, 0.717) is 0 Å². The summed E-state index contributed by atoms with van der Waals surface area (Å²) >= 11 is 0. The van der Waals surface area contributed by atoms with Crippen LogP contribution in [0.15, 0.2) is 36.0 Å². The fourth-order valence-corrected chi connectivity index (χ4v) is 1.53. The Labute approximate surface area is 121 Å². The molecule has 1 N–H and O–H groups in total. The Morgan fingerprint density at radius 3 is 2.55 bits per heavy atom. The molecular weight excluding hydrogens is 299 g/mol. The molecule has 0 saturated heterocycles. The van der Waals surface area contributed by atoms with Crippen LogP contribution in [0.2, 0.25) is 0 Å². The molecule has 0 bridgehead atoms. The molecule has 7 nitrogen and oxygen atoms in total. The van der Waals surface area contributed by atoms with Crippen molar-refractivity contribution in [2.75, 3.05) is 5.43 Å². The number of hydrazone groups is 1. The number of benzene rings is 1. The number of nitrogens with one attached hydrogen (secondary N) is 1. The van der Waals surface area contributed by atoms with Gasteiger partial charge in [-0.25, -0.2) is 9.67 Å². The van der Waals surface area contributed by atoms with Crippen molar-refractivity contribution in [2.24, 2.45) is 5.10 Å². The summed E-state index contributed by atoms with van der Waals surface area (Å²) in [6.07, 6.45) is -2.05. The number of nitriles is 2.